The van der Waals surface area contributed by atoms with Crippen LogP contribution in [-0.2, 0) is 16.5 Å². The Kier molecular flexibility index (Phi) is 9.65. The Balaban J connectivity index is 0.00000312. The molecule has 0 unspecified atom stereocenters. The van der Waals surface area contributed by atoms with Gasteiger partial charge in [0.25, 0.3) is 10.1 Å². The van der Waals surface area contributed by atoms with Crippen LogP contribution >= 0.6 is 0 Å². The van der Waals surface area contributed by atoms with E-state index >= 15 is 0 Å². The standard InChI is InChI=1S/C18H22O5S.K/c1-2-3-4-5-7-14-8-6-9-15(12-14)23-18-11-10-16(13-17(18)19)24(20,21)22;/h6,8-13,19H,2-5,7H2,1H3,(H,20,21,22);/q;+1/p-1. The van der Waals surface area contributed by atoms with E-state index in [1.165, 1.54) is 25.3 Å². The molecular formula is C18H21KO5S. The van der Waals surface area contributed by atoms with Crippen LogP contribution in [0, 0.1) is 0 Å². The van der Waals surface area contributed by atoms with E-state index in [0.717, 1.165) is 30.5 Å². The molecule has 0 saturated carbocycles. The summed E-state index contributed by atoms with van der Waals surface area (Å²) in [4.78, 5) is -0.440. The smallest absolute Gasteiger partial charge is 0.870 e. The van der Waals surface area contributed by atoms with E-state index < -0.39 is 20.8 Å². The van der Waals surface area contributed by atoms with Gasteiger partial charge in [-0.1, -0.05) is 44.1 Å². The van der Waals surface area contributed by atoms with Gasteiger partial charge >= 0.3 is 51.4 Å². The molecule has 0 atom stereocenters. The number of ether oxygens (including phenoxy) is 1. The fourth-order valence-corrected chi connectivity index (χ4v) is 2.88. The number of benzene rings is 2. The zero-order valence-corrected chi connectivity index (χ0v) is 18.5. The van der Waals surface area contributed by atoms with Crippen LogP contribution in [0.25, 0.3) is 0 Å². The van der Waals surface area contributed by atoms with Crippen LogP contribution in [0.1, 0.15) is 38.2 Å². The van der Waals surface area contributed by atoms with Gasteiger partial charge in [0.15, 0.2) is 0 Å². The zero-order chi connectivity index (χ0) is 17.6. The Morgan fingerprint density at radius 1 is 1.08 bits per heavy atom. The second-order valence-electron chi connectivity index (χ2n) is 5.64. The van der Waals surface area contributed by atoms with Crippen LogP contribution in [-0.4, -0.2) is 13.0 Å². The quantitative estimate of drug-likeness (QED) is 0.413. The number of rotatable bonds is 8. The molecule has 1 N–H and O–H groups in total. The number of aryl methyl sites for hydroxylation is 1. The van der Waals surface area contributed by atoms with Crippen molar-refractivity contribution in [1.29, 1.82) is 0 Å². The second kappa shape index (κ2) is 10.7. The molecule has 0 fully saturated rings. The average molecular weight is 389 g/mol. The van der Waals surface area contributed by atoms with Crippen LogP contribution < -0.4 is 61.2 Å². The van der Waals surface area contributed by atoms with Crippen molar-refractivity contribution in [2.24, 2.45) is 0 Å². The summed E-state index contributed by atoms with van der Waals surface area (Å²) in [5.41, 5.74) is 1.13. The molecular weight excluding hydrogens is 367 g/mol. The van der Waals surface area contributed by atoms with Gasteiger partial charge in [0, 0.05) is 0 Å². The number of hydrogen-bond donors (Lipinski definition) is 1. The van der Waals surface area contributed by atoms with Crippen molar-refractivity contribution < 1.29 is 74.2 Å². The maximum atomic E-state index is 11.9. The SMILES string of the molecule is CCCCCCc1cccc(Oc2ccc(S(=O)(=O)O)cc2[O-])c1.[K+]. The molecule has 130 valence electrons. The van der Waals surface area contributed by atoms with Crippen molar-refractivity contribution in [3.05, 3.63) is 48.0 Å². The molecule has 0 amide bonds. The van der Waals surface area contributed by atoms with E-state index in [4.69, 9.17) is 9.29 Å². The van der Waals surface area contributed by atoms with Crippen molar-refractivity contribution in [2.75, 3.05) is 0 Å². The predicted octanol–water partition coefficient (Wildman–Crippen LogP) is 0.926. The summed E-state index contributed by atoms with van der Waals surface area (Å²) in [6.45, 7) is 2.17. The van der Waals surface area contributed by atoms with Crippen LogP contribution in [0.2, 0.25) is 0 Å². The third kappa shape index (κ3) is 7.38. The molecule has 0 aromatic heterocycles. The van der Waals surface area contributed by atoms with Gasteiger partial charge in [-0.15, -0.1) is 0 Å². The number of unbranched alkanes of at least 4 members (excludes halogenated alkanes) is 3. The van der Waals surface area contributed by atoms with Gasteiger partial charge in [0.05, 0.1) is 4.90 Å². The third-order valence-corrected chi connectivity index (χ3v) is 4.51. The summed E-state index contributed by atoms with van der Waals surface area (Å²) >= 11 is 0. The molecule has 7 heteroatoms. The molecule has 2 rings (SSSR count). The summed E-state index contributed by atoms with van der Waals surface area (Å²) in [6, 6.07) is 10.7. The first-order valence-electron chi connectivity index (χ1n) is 7.95. The minimum atomic E-state index is -4.39. The molecule has 5 nitrogen and oxygen atoms in total. The molecule has 0 heterocycles. The van der Waals surface area contributed by atoms with E-state index in [0.29, 0.717) is 5.75 Å². The van der Waals surface area contributed by atoms with Crippen molar-refractivity contribution in [2.45, 2.75) is 43.9 Å². The average Bonchev–Trinajstić information content (AvgIpc) is 2.53. The molecule has 2 aromatic carbocycles. The van der Waals surface area contributed by atoms with Gasteiger partial charge < -0.3 is 9.84 Å². The van der Waals surface area contributed by atoms with Gasteiger partial charge in [-0.05, 0) is 48.7 Å². The molecule has 0 aliphatic rings. The van der Waals surface area contributed by atoms with Crippen molar-refractivity contribution in [1.82, 2.24) is 0 Å². The maximum Gasteiger partial charge on any atom is 1.00 e. The molecule has 2 aromatic rings. The van der Waals surface area contributed by atoms with E-state index in [2.05, 4.69) is 6.92 Å². The Hall–Kier alpha value is -0.414. The zero-order valence-electron chi connectivity index (χ0n) is 14.6. The van der Waals surface area contributed by atoms with Crippen LogP contribution in [0.3, 0.4) is 0 Å². The van der Waals surface area contributed by atoms with Gasteiger partial charge in [-0.25, -0.2) is 0 Å². The minimum Gasteiger partial charge on any atom is -0.870 e. The van der Waals surface area contributed by atoms with Gasteiger partial charge in [0.1, 0.15) is 11.5 Å². The summed E-state index contributed by atoms with van der Waals surface area (Å²) in [5, 5.41) is 11.9. The summed E-state index contributed by atoms with van der Waals surface area (Å²) in [5.74, 6) is -0.0521. The molecule has 25 heavy (non-hydrogen) atoms. The fraction of sp³-hybridized carbons (Fsp3) is 0.333. The fourth-order valence-electron chi connectivity index (χ4n) is 2.38. The van der Waals surface area contributed by atoms with E-state index in [1.807, 2.05) is 18.2 Å². The first-order valence-corrected chi connectivity index (χ1v) is 9.39. The number of hydrogen-bond acceptors (Lipinski definition) is 4. The Morgan fingerprint density at radius 3 is 2.48 bits per heavy atom. The van der Waals surface area contributed by atoms with Crippen molar-refractivity contribution in [3.8, 4) is 17.2 Å². The summed E-state index contributed by atoms with van der Waals surface area (Å²) in [6.07, 6.45) is 5.64. The summed E-state index contributed by atoms with van der Waals surface area (Å²) < 4.78 is 36.5. The Labute approximate surface area is 191 Å². The van der Waals surface area contributed by atoms with E-state index in [1.54, 1.807) is 6.07 Å². The van der Waals surface area contributed by atoms with Gasteiger partial charge in [-0.2, -0.15) is 8.42 Å². The molecule has 0 aliphatic heterocycles. The molecule has 0 bridgehead atoms. The molecule has 0 spiro atoms. The summed E-state index contributed by atoms with van der Waals surface area (Å²) in [7, 11) is -4.39. The van der Waals surface area contributed by atoms with Gasteiger partial charge in [0.2, 0.25) is 0 Å². The first kappa shape index (κ1) is 22.6. The topological polar surface area (TPSA) is 86.7 Å². The molecule has 0 radical (unpaired) electrons. The van der Waals surface area contributed by atoms with Crippen LogP contribution in [0.15, 0.2) is 47.4 Å². The Morgan fingerprint density at radius 2 is 1.84 bits per heavy atom. The second-order valence-corrected chi connectivity index (χ2v) is 7.07. The maximum absolute atomic E-state index is 11.9. The van der Waals surface area contributed by atoms with Crippen molar-refractivity contribution in [3.63, 3.8) is 0 Å². The third-order valence-electron chi connectivity index (χ3n) is 3.66. The molecule has 0 saturated heterocycles. The molecule has 0 aliphatic carbocycles. The minimum absolute atomic E-state index is 0. The van der Waals surface area contributed by atoms with Gasteiger partial charge in [-0.3, -0.25) is 4.55 Å². The normalized spacial score (nSPS) is 11.0. The van der Waals surface area contributed by atoms with Crippen LogP contribution in [0.5, 0.6) is 17.2 Å². The van der Waals surface area contributed by atoms with Crippen LogP contribution in [0.4, 0.5) is 0 Å². The Bertz CT molecular complexity index is 790. The van der Waals surface area contributed by atoms with E-state index in [-0.39, 0.29) is 57.1 Å². The predicted molar refractivity (Wildman–Crippen MR) is 90.1 cm³/mol. The largest absolute Gasteiger partial charge is 1.00 e. The van der Waals surface area contributed by atoms with E-state index in [9.17, 15) is 13.5 Å². The first-order chi connectivity index (χ1) is 11.4. The monoisotopic (exact) mass is 388 g/mol. The van der Waals surface area contributed by atoms with Crippen molar-refractivity contribution >= 4 is 10.1 Å².